The third-order valence-electron chi connectivity index (χ3n) is 2.20. The van der Waals surface area contributed by atoms with Crippen LogP contribution in [0.3, 0.4) is 0 Å². The number of hydrogen-bond donors (Lipinski definition) is 1. The molecule has 0 bridgehead atoms. The molecular formula is C12H16BrNO2. The van der Waals surface area contributed by atoms with E-state index in [1.165, 1.54) is 0 Å². The summed E-state index contributed by atoms with van der Waals surface area (Å²) in [5, 5.41) is 3.09. The van der Waals surface area contributed by atoms with Gasteiger partial charge in [-0.05, 0) is 38.5 Å². The smallest absolute Gasteiger partial charge is 0.328 e. The number of halogens is 1. The third-order valence-corrected chi connectivity index (χ3v) is 3.05. The van der Waals surface area contributed by atoms with Crippen LogP contribution in [0.15, 0.2) is 22.7 Å². The standard InChI is InChI=1S/C12H16BrNO2/c1-4-16-12(15)9(3)14-10-6-5-8(2)11(13)7-10/h5-7,9,14H,4H2,1-3H3. The molecule has 0 heterocycles. The summed E-state index contributed by atoms with van der Waals surface area (Å²) in [5.74, 6) is -0.237. The molecule has 1 unspecified atom stereocenters. The van der Waals surface area contributed by atoms with Crippen molar-refractivity contribution in [2.24, 2.45) is 0 Å². The zero-order valence-corrected chi connectivity index (χ0v) is 11.3. The van der Waals surface area contributed by atoms with Crippen LogP contribution >= 0.6 is 15.9 Å². The third kappa shape index (κ3) is 3.52. The van der Waals surface area contributed by atoms with Gasteiger partial charge in [-0.1, -0.05) is 22.0 Å². The second-order valence-corrected chi connectivity index (χ2v) is 4.44. The van der Waals surface area contributed by atoms with Crippen LogP contribution < -0.4 is 5.32 Å². The molecule has 0 saturated heterocycles. The number of aryl methyl sites for hydroxylation is 1. The Bertz CT molecular complexity index is 379. The highest BCUT2D eigenvalue weighted by Crippen LogP contribution is 2.21. The highest BCUT2D eigenvalue weighted by Gasteiger charge is 2.13. The van der Waals surface area contributed by atoms with Gasteiger partial charge in [0.2, 0.25) is 0 Å². The van der Waals surface area contributed by atoms with Crippen LogP contribution in [0.2, 0.25) is 0 Å². The molecular weight excluding hydrogens is 270 g/mol. The Morgan fingerprint density at radius 1 is 1.56 bits per heavy atom. The second kappa shape index (κ2) is 5.89. The molecule has 3 nitrogen and oxygen atoms in total. The summed E-state index contributed by atoms with van der Waals surface area (Å²) < 4.78 is 5.94. The molecule has 0 saturated carbocycles. The van der Waals surface area contributed by atoms with E-state index < -0.39 is 0 Å². The van der Waals surface area contributed by atoms with E-state index in [0.717, 1.165) is 15.7 Å². The van der Waals surface area contributed by atoms with Crippen molar-refractivity contribution in [3.8, 4) is 0 Å². The number of hydrogen-bond acceptors (Lipinski definition) is 3. The molecule has 0 radical (unpaired) electrons. The summed E-state index contributed by atoms with van der Waals surface area (Å²) in [6.45, 7) is 6.00. The lowest BCUT2D eigenvalue weighted by molar-refractivity contribution is -0.143. The highest BCUT2D eigenvalue weighted by atomic mass is 79.9. The van der Waals surface area contributed by atoms with Gasteiger partial charge in [-0.2, -0.15) is 0 Å². The molecule has 0 aromatic heterocycles. The number of rotatable bonds is 4. The SMILES string of the molecule is CCOC(=O)C(C)Nc1ccc(C)c(Br)c1. The maximum atomic E-state index is 11.4. The summed E-state index contributed by atoms with van der Waals surface area (Å²) in [5.41, 5.74) is 2.06. The van der Waals surface area contributed by atoms with Crippen molar-refractivity contribution in [2.45, 2.75) is 26.8 Å². The van der Waals surface area contributed by atoms with Crippen LogP contribution in [0.4, 0.5) is 5.69 Å². The van der Waals surface area contributed by atoms with E-state index in [1.54, 1.807) is 13.8 Å². The Morgan fingerprint density at radius 3 is 2.81 bits per heavy atom. The molecule has 0 amide bonds. The molecule has 0 aliphatic carbocycles. The van der Waals surface area contributed by atoms with Crippen molar-refractivity contribution in [3.05, 3.63) is 28.2 Å². The summed E-state index contributed by atoms with van der Waals surface area (Å²) in [7, 11) is 0. The molecule has 1 rings (SSSR count). The molecule has 88 valence electrons. The first-order chi connectivity index (χ1) is 7.54. The van der Waals surface area contributed by atoms with E-state index in [0.29, 0.717) is 6.61 Å². The molecule has 1 aromatic carbocycles. The van der Waals surface area contributed by atoms with E-state index in [4.69, 9.17) is 4.74 Å². The first-order valence-electron chi connectivity index (χ1n) is 5.24. The average Bonchev–Trinajstić information content (AvgIpc) is 2.24. The largest absolute Gasteiger partial charge is 0.464 e. The van der Waals surface area contributed by atoms with Gasteiger partial charge in [0.25, 0.3) is 0 Å². The monoisotopic (exact) mass is 285 g/mol. The van der Waals surface area contributed by atoms with Gasteiger partial charge in [0.05, 0.1) is 6.61 Å². The van der Waals surface area contributed by atoms with Crippen molar-refractivity contribution in [1.29, 1.82) is 0 Å². The van der Waals surface area contributed by atoms with Gasteiger partial charge < -0.3 is 10.1 Å². The zero-order valence-electron chi connectivity index (χ0n) is 9.71. The Morgan fingerprint density at radius 2 is 2.25 bits per heavy atom. The Labute approximate surface area is 104 Å². The number of ether oxygens (including phenoxy) is 1. The number of carbonyl (C=O) groups is 1. The van der Waals surface area contributed by atoms with E-state index in [2.05, 4.69) is 21.2 Å². The van der Waals surface area contributed by atoms with Crippen molar-refractivity contribution < 1.29 is 9.53 Å². The van der Waals surface area contributed by atoms with Crippen molar-refractivity contribution in [2.75, 3.05) is 11.9 Å². The van der Waals surface area contributed by atoms with Gasteiger partial charge in [0.15, 0.2) is 0 Å². The summed E-state index contributed by atoms with van der Waals surface area (Å²) >= 11 is 3.45. The Balaban J connectivity index is 2.66. The lowest BCUT2D eigenvalue weighted by Gasteiger charge is -2.14. The summed E-state index contributed by atoms with van der Waals surface area (Å²) in [6, 6.07) is 5.54. The maximum absolute atomic E-state index is 11.4. The minimum Gasteiger partial charge on any atom is -0.464 e. The molecule has 0 spiro atoms. The van der Waals surface area contributed by atoms with Crippen molar-refractivity contribution in [1.82, 2.24) is 0 Å². The van der Waals surface area contributed by atoms with E-state index in [-0.39, 0.29) is 12.0 Å². The first kappa shape index (κ1) is 13.0. The predicted molar refractivity (Wildman–Crippen MR) is 68.6 cm³/mol. The van der Waals surface area contributed by atoms with Crippen molar-refractivity contribution in [3.63, 3.8) is 0 Å². The lowest BCUT2D eigenvalue weighted by atomic mass is 10.2. The number of nitrogens with one attached hydrogen (secondary N) is 1. The molecule has 1 aromatic rings. The molecule has 0 fully saturated rings. The van der Waals surface area contributed by atoms with E-state index >= 15 is 0 Å². The fourth-order valence-electron chi connectivity index (χ4n) is 1.26. The molecule has 4 heteroatoms. The highest BCUT2D eigenvalue weighted by molar-refractivity contribution is 9.10. The van der Waals surface area contributed by atoms with Gasteiger partial charge in [-0.25, -0.2) is 4.79 Å². The fourth-order valence-corrected chi connectivity index (χ4v) is 1.64. The maximum Gasteiger partial charge on any atom is 0.328 e. The topological polar surface area (TPSA) is 38.3 Å². The van der Waals surface area contributed by atoms with Gasteiger partial charge in [-0.3, -0.25) is 0 Å². The van der Waals surface area contributed by atoms with Gasteiger partial charge in [-0.15, -0.1) is 0 Å². The number of benzene rings is 1. The van der Waals surface area contributed by atoms with E-state index in [1.807, 2.05) is 25.1 Å². The number of anilines is 1. The van der Waals surface area contributed by atoms with Crippen molar-refractivity contribution >= 4 is 27.6 Å². The fraction of sp³-hybridized carbons (Fsp3) is 0.417. The van der Waals surface area contributed by atoms with Gasteiger partial charge in [0, 0.05) is 10.2 Å². The first-order valence-corrected chi connectivity index (χ1v) is 6.03. The van der Waals surface area contributed by atoms with Gasteiger partial charge >= 0.3 is 5.97 Å². The minimum absolute atomic E-state index is 0.237. The Kier molecular flexibility index (Phi) is 4.80. The van der Waals surface area contributed by atoms with Crippen LogP contribution in [0.1, 0.15) is 19.4 Å². The van der Waals surface area contributed by atoms with E-state index in [9.17, 15) is 4.79 Å². The van der Waals surface area contributed by atoms with Crippen LogP contribution in [-0.4, -0.2) is 18.6 Å². The normalized spacial score (nSPS) is 12.0. The molecule has 1 atom stereocenters. The van der Waals surface area contributed by atoms with Crippen LogP contribution in [0.5, 0.6) is 0 Å². The quantitative estimate of drug-likeness (QED) is 0.864. The van der Waals surface area contributed by atoms with Crippen LogP contribution in [0, 0.1) is 6.92 Å². The molecule has 16 heavy (non-hydrogen) atoms. The van der Waals surface area contributed by atoms with Crippen LogP contribution in [0.25, 0.3) is 0 Å². The zero-order chi connectivity index (χ0) is 12.1. The molecule has 0 aliphatic rings. The minimum atomic E-state index is -0.338. The average molecular weight is 286 g/mol. The Hall–Kier alpha value is -1.03. The second-order valence-electron chi connectivity index (χ2n) is 3.58. The number of carbonyl (C=O) groups excluding carboxylic acids is 1. The van der Waals surface area contributed by atoms with Crippen LogP contribution in [-0.2, 0) is 9.53 Å². The molecule has 1 N–H and O–H groups in total. The van der Waals surface area contributed by atoms with Gasteiger partial charge in [0.1, 0.15) is 6.04 Å². The summed E-state index contributed by atoms with van der Waals surface area (Å²) in [6.07, 6.45) is 0. The number of esters is 1. The molecule has 0 aliphatic heterocycles. The predicted octanol–water partition coefficient (Wildman–Crippen LogP) is 3.12. The summed E-state index contributed by atoms with van der Waals surface area (Å²) in [4.78, 5) is 11.4. The lowest BCUT2D eigenvalue weighted by Crippen LogP contribution is -2.28.